The number of carbonyl (C=O) groups is 1. The molecule has 11 heavy (non-hydrogen) atoms. The number of carbonyl (C=O) groups excluding carboxylic acids is 1. The summed E-state index contributed by atoms with van der Waals surface area (Å²) in [5, 5.41) is 6.00. The summed E-state index contributed by atoms with van der Waals surface area (Å²) in [5.41, 5.74) is 4.74. The van der Waals surface area contributed by atoms with Crippen molar-refractivity contribution < 1.29 is 9.53 Å². The largest absolute Gasteiger partial charge is 0.412 e. The maximum absolute atomic E-state index is 10.2. The summed E-state index contributed by atoms with van der Waals surface area (Å²) < 4.78 is 6.21. The van der Waals surface area contributed by atoms with Gasteiger partial charge in [0.2, 0.25) is 0 Å². The first-order valence-electron chi connectivity index (χ1n) is 2.70. The monoisotopic (exact) mass is 174 g/mol. The van der Waals surface area contributed by atoms with E-state index >= 15 is 0 Å². The summed E-state index contributed by atoms with van der Waals surface area (Å²) in [6.45, 7) is 0. The molecule has 7 heteroatoms. The number of H-pyrrole nitrogens is 1. The molecule has 0 atom stereocenters. The van der Waals surface area contributed by atoms with Gasteiger partial charge < -0.3 is 10.5 Å². The number of amides is 1. The van der Waals surface area contributed by atoms with Crippen LogP contribution in [0.2, 0.25) is 0 Å². The summed E-state index contributed by atoms with van der Waals surface area (Å²) in [4.78, 5) is 10.2. The van der Waals surface area contributed by atoms with E-state index in [1.54, 1.807) is 7.05 Å². The fourth-order valence-electron chi connectivity index (χ4n) is 0.514. The van der Waals surface area contributed by atoms with Crippen LogP contribution in [0.5, 0.6) is 6.01 Å². The van der Waals surface area contributed by atoms with Gasteiger partial charge in [0.1, 0.15) is 0 Å². The molecule has 0 unspecified atom stereocenters. The molecule has 0 radical (unpaired) electrons. The highest BCUT2D eigenvalue weighted by Gasteiger charge is 2.04. The minimum Gasteiger partial charge on any atom is -0.374 e. The SMILES string of the molecule is Cn1c(OC(N)=O)n[nH]c1=S. The number of ether oxygens (including phenoxy) is 1. The van der Waals surface area contributed by atoms with Crippen molar-refractivity contribution in [2.45, 2.75) is 0 Å². The minimum absolute atomic E-state index is 0.0579. The highest BCUT2D eigenvalue weighted by Crippen LogP contribution is 2.02. The smallest absolute Gasteiger partial charge is 0.374 e. The molecular weight excluding hydrogens is 168 g/mol. The first kappa shape index (κ1) is 7.73. The van der Waals surface area contributed by atoms with E-state index in [4.69, 9.17) is 18.0 Å². The summed E-state index contributed by atoms with van der Waals surface area (Å²) in [6.07, 6.45) is -0.915. The molecule has 1 aromatic heterocycles. The molecule has 0 aliphatic carbocycles. The summed E-state index contributed by atoms with van der Waals surface area (Å²) in [7, 11) is 1.60. The van der Waals surface area contributed by atoms with Crippen molar-refractivity contribution in [3.05, 3.63) is 4.77 Å². The van der Waals surface area contributed by atoms with Gasteiger partial charge in [0, 0.05) is 7.05 Å². The molecule has 0 aromatic carbocycles. The lowest BCUT2D eigenvalue weighted by atomic mass is 11.0. The van der Waals surface area contributed by atoms with Crippen molar-refractivity contribution in [3.63, 3.8) is 0 Å². The molecular formula is C4H6N4O2S. The Bertz CT molecular complexity index is 327. The van der Waals surface area contributed by atoms with E-state index in [9.17, 15) is 4.79 Å². The van der Waals surface area contributed by atoms with Gasteiger partial charge in [-0.1, -0.05) is 0 Å². The van der Waals surface area contributed by atoms with Gasteiger partial charge in [-0.15, -0.1) is 5.10 Å². The van der Waals surface area contributed by atoms with Crippen LogP contribution in [0.3, 0.4) is 0 Å². The molecule has 60 valence electrons. The van der Waals surface area contributed by atoms with E-state index in [1.807, 2.05) is 0 Å². The fourth-order valence-corrected chi connectivity index (χ4v) is 0.638. The van der Waals surface area contributed by atoms with Gasteiger partial charge in [0.05, 0.1) is 0 Å². The van der Waals surface area contributed by atoms with Crippen molar-refractivity contribution in [1.29, 1.82) is 0 Å². The summed E-state index contributed by atoms with van der Waals surface area (Å²) in [5.74, 6) is 0. The number of nitrogens with one attached hydrogen (secondary N) is 1. The molecule has 0 aliphatic rings. The third-order valence-electron chi connectivity index (χ3n) is 1.03. The molecule has 0 spiro atoms. The molecule has 1 amide bonds. The van der Waals surface area contributed by atoms with Gasteiger partial charge in [-0.25, -0.2) is 9.89 Å². The Morgan fingerprint density at radius 3 is 2.91 bits per heavy atom. The second kappa shape index (κ2) is 2.70. The van der Waals surface area contributed by atoms with Crippen LogP contribution in [0.15, 0.2) is 0 Å². The zero-order chi connectivity index (χ0) is 8.43. The van der Waals surface area contributed by atoms with Crippen molar-refractivity contribution >= 4 is 18.3 Å². The zero-order valence-corrected chi connectivity index (χ0v) is 6.51. The van der Waals surface area contributed by atoms with Gasteiger partial charge in [0.15, 0.2) is 4.77 Å². The zero-order valence-electron chi connectivity index (χ0n) is 5.70. The Morgan fingerprint density at radius 1 is 1.91 bits per heavy atom. The third kappa shape index (κ3) is 1.55. The lowest BCUT2D eigenvalue weighted by Crippen LogP contribution is -2.18. The van der Waals surface area contributed by atoms with Crippen molar-refractivity contribution in [2.24, 2.45) is 12.8 Å². The van der Waals surface area contributed by atoms with E-state index in [0.717, 1.165) is 0 Å². The van der Waals surface area contributed by atoms with E-state index in [0.29, 0.717) is 4.77 Å². The van der Waals surface area contributed by atoms with Crippen LogP contribution in [0.4, 0.5) is 4.79 Å². The topological polar surface area (TPSA) is 85.9 Å². The standard InChI is InChI=1S/C4H6N4O2S/c1-8-3(10-2(5)9)6-7-4(8)11/h1H3,(H2,5,9)(H,7,11). The quantitative estimate of drug-likeness (QED) is 0.584. The van der Waals surface area contributed by atoms with Crippen LogP contribution >= 0.6 is 12.2 Å². The molecule has 1 rings (SSSR count). The predicted octanol–water partition coefficient (Wildman–Crippen LogP) is -0.0648. The van der Waals surface area contributed by atoms with Crippen LogP contribution in [0.25, 0.3) is 0 Å². The van der Waals surface area contributed by atoms with Crippen molar-refractivity contribution in [3.8, 4) is 6.01 Å². The average molecular weight is 174 g/mol. The fraction of sp³-hybridized carbons (Fsp3) is 0.250. The Morgan fingerprint density at radius 2 is 2.55 bits per heavy atom. The number of aromatic amines is 1. The number of nitrogens with two attached hydrogens (primary N) is 1. The second-order valence-electron chi connectivity index (χ2n) is 1.79. The van der Waals surface area contributed by atoms with Crippen LogP contribution in [-0.2, 0) is 7.05 Å². The number of hydrogen-bond acceptors (Lipinski definition) is 4. The highest BCUT2D eigenvalue weighted by molar-refractivity contribution is 7.71. The van der Waals surface area contributed by atoms with E-state index < -0.39 is 6.09 Å². The summed E-state index contributed by atoms with van der Waals surface area (Å²) in [6, 6.07) is 0.0579. The Hall–Kier alpha value is -1.37. The molecule has 0 aliphatic heterocycles. The van der Waals surface area contributed by atoms with Gasteiger partial charge in [-0.3, -0.25) is 4.57 Å². The first-order chi connectivity index (χ1) is 5.11. The molecule has 0 saturated carbocycles. The van der Waals surface area contributed by atoms with E-state index in [1.165, 1.54) is 4.57 Å². The number of nitrogens with zero attached hydrogens (tertiary/aromatic N) is 2. The van der Waals surface area contributed by atoms with Crippen LogP contribution in [-0.4, -0.2) is 20.9 Å². The van der Waals surface area contributed by atoms with Gasteiger partial charge in [-0.05, 0) is 12.2 Å². The number of hydrogen-bond donors (Lipinski definition) is 2. The van der Waals surface area contributed by atoms with Gasteiger partial charge >= 0.3 is 12.1 Å². The lowest BCUT2D eigenvalue weighted by molar-refractivity contribution is 0.205. The maximum atomic E-state index is 10.2. The van der Waals surface area contributed by atoms with E-state index in [2.05, 4.69) is 14.9 Å². The molecule has 0 saturated heterocycles. The molecule has 1 heterocycles. The van der Waals surface area contributed by atoms with Crippen LogP contribution < -0.4 is 10.5 Å². The first-order valence-corrected chi connectivity index (χ1v) is 3.11. The molecule has 0 fully saturated rings. The Kier molecular flexibility index (Phi) is 1.90. The van der Waals surface area contributed by atoms with Crippen LogP contribution in [0, 0.1) is 4.77 Å². The highest BCUT2D eigenvalue weighted by atomic mass is 32.1. The molecule has 1 aromatic rings. The molecule has 0 bridgehead atoms. The van der Waals surface area contributed by atoms with Gasteiger partial charge in [-0.2, -0.15) is 0 Å². The van der Waals surface area contributed by atoms with E-state index in [-0.39, 0.29) is 6.01 Å². The number of rotatable bonds is 1. The molecule has 3 N–H and O–H groups in total. The predicted molar refractivity (Wildman–Crippen MR) is 38.6 cm³/mol. The molecule has 6 nitrogen and oxygen atoms in total. The summed E-state index contributed by atoms with van der Waals surface area (Å²) >= 11 is 4.74. The van der Waals surface area contributed by atoms with Crippen molar-refractivity contribution in [2.75, 3.05) is 0 Å². The second-order valence-corrected chi connectivity index (χ2v) is 2.18. The average Bonchev–Trinajstić information content (AvgIpc) is 2.18. The van der Waals surface area contributed by atoms with Crippen molar-refractivity contribution in [1.82, 2.24) is 14.8 Å². The van der Waals surface area contributed by atoms with Crippen LogP contribution in [0.1, 0.15) is 0 Å². The number of primary amides is 1. The maximum Gasteiger partial charge on any atom is 0.412 e. The minimum atomic E-state index is -0.915. The number of aromatic nitrogens is 3. The normalized spacial score (nSPS) is 9.55. The third-order valence-corrected chi connectivity index (χ3v) is 1.40. The Labute approximate surface area is 67.0 Å². The lowest BCUT2D eigenvalue weighted by Gasteiger charge is -1.96. The Balaban J connectivity index is 2.96. The van der Waals surface area contributed by atoms with Gasteiger partial charge in [0.25, 0.3) is 0 Å².